The monoisotopic (exact) mass is 373 g/mol. The van der Waals surface area contributed by atoms with Gasteiger partial charge in [-0.1, -0.05) is 60.1 Å². The quantitative estimate of drug-likeness (QED) is 0.680. The van der Waals surface area contributed by atoms with Gasteiger partial charge < -0.3 is 0 Å². The predicted octanol–water partition coefficient (Wildman–Crippen LogP) is 4.39. The molecule has 0 N–H and O–H groups in total. The van der Waals surface area contributed by atoms with Gasteiger partial charge in [-0.25, -0.2) is 0 Å². The van der Waals surface area contributed by atoms with Crippen molar-refractivity contribution in [3.63, 3.8) is 0 Å². The summed E-state index contributed by atoms with van der Waals surface area (Å²) in [7, 11) is 0. The third-order valence-corrected chi connectivity index (χ3v) is 5.65. The molecule has 0 spiro atoms. The van der Waals surface area contributed by atoms with Gasteiger partial charge in [0.2, 0.25) is 4.96 Å². The van der Waals surface area contributed by atoms with E-state index in [4.69, 9.17) is 11.6 Å². The van der Waals surface area contributed by atoms with Crippen LogP contribution in [0.2, 0.25) is 5.02 Å². The van der Waals surface area contributed by atoms with Crippen molar-refractivity contribution in [1.82, 2.24) is 24.7 Å². The summed E-state index contributed by atoms with van der Waals surface area (Å²) in [6, 6.07) is 7.78. The molecule has 1 aromatic carbocycles. The number of likely N-dealkylation sites (tertiary alicyclic amines) is 1. The van der Waals surface area contributed by atoms with Crippen LogP contribution in [0.4, 0.5) is 0 Å². The average Bonchev–Trinajstić information content (AvgIpc) is 3.07. The van der Waals surface area contributed by atoms with Crippen molar-refractivity contribution in [1.29, 1.82) is 0 Å². The van der Waals surface area contributed by atoms with Crippen molar-refractivity contribution >= 4 is 40.1 Å². The van der Waals surface area contributed by atoms with Gasteiger partial charge in [-0.05, 0) is 43.6 Å². The Morgan fingerprint density at radius 3 is 2.64 bits per heavy atom. The number of rotatable bonds is 4. The zero-order valence-corrected chi connectivity index (χ0v) is 15.5. The van der Waals surface area contributed by atoms with Gasteiger partial charge in [0.1, 0.15) is 5.01 Å². The molecule has 1 aliphatic heterocycles. The summed E-state index contributed by atoms with van der Waals surface area (Å²) in [5.74, 6) is 0.922. The van der Waals surface area contributed by atoms with Crippen LogP contribution in [0.5, 0.6) is 0 Å². The Morgan fingerprint density at radius 2 is 1.84 bits per heavy atom. The number of aromatic nitrogens is 4. The minimum atomic E-state index is 0.739. The maximum Gasteiger partial charge on any atom is 0.235 e. The normalized spacial score (nSPS) is 16.7. The molecule has 0 radical (unpaired) electrons. The van der Waals surface area contributed by atoms with Gasteiger partial charge in [-0.2, -0.15) is 9.61 Å². The molecular formula is C18H20ClN5S. The maximum atomic E-state index is 6.19. The predicted molar refractivity (Wildman–Crippen MR) is 103 cm³/mol. The molecule has 25 heavy (non-hydrogen) atoms. The molecule has 5 nitrogen and oxygen atoms in total. The summed E-state index contributed by atoms with van der Waals surface area (Å²) in [6.45, 7) is 3.09. The molecule has 0 saturated carbocycles. The number of hydrogen-bond acceptors (Lipinski definition) is 5. The van der Waals surface area contributed by atoms with E-state index >= 15 is 0 Å². The van der Waals surface area contributed by atoms with Crippen LogP contribution in [-0.4, -0.2) is 37.8 Å². The first kappa shape index (κ1) is 16.7. The Balaban J connectivity index is 1.53. The molecule has 1 aliphatic rings. The molecule has 2 aromatic heterocycles. The number of hydrogen-bond donors (Lipinski definition) is 0. The molecule has 0 unspecified atom stereocenters. The second-order valence-corrected chi connectivity index (χ2v) is 7.69. The number of benzene rings is 1. The fraction of sp³-hybridized carbons (Fsp3) is 0.389. The van der Waals surface area contributed by atoms with Crippen molar-refractivity contribution in [2.24, 2.45) is 0 Å². The Morgan fingerprint density at radius 1 is 1.04 bits per heavy atom. The number of halogens is 1. The molecule has 1 fully saturated rings. The van der Waals surface area contributed by atoms with Crippen molar-refractivity contribution in [2.75, 3.05) is 13.1 Å². The standard InChI is InChI=1S/C18H20ClN5S/c19-15-8-4-3-7-14(15)9-10-17-22-24-16(20-21-18(24)25-17)13-23-11-5-1-2-6-12-23/h3-4,7-10H,1-2,5-6,11-13H2/b10-9+. The second-order valence-electron chi connectivity index (χ2n) is 6.30. The summed E-state index contributed by atoms with van der Waals surface area (Å²) in [4.78, 5) is 3.30. The molecule has 0 amide bonds. The zero-order chi connectivity index (χ0) is 17.1. The molecule has 1 saturated heterocycles. The van der Waals surface area contributed by atoms with Crippen LogP contribution < -0.4 is 0 Å². The van der Waals surface area contributed by atoms with E-state index in [1.807, 2.05) is 40.9 Å². The SMILES string of the molecule is Clc1ccccc1/C=C/c1nn2c(CN3CCCCCC3)nnc2s1. The first-order chi connectivity index (χ1) is 12.3. The van der Waals surface area contributed by atoms with Gasteiger partial charge in [0.05, 0.1) is 6.54 Å². The highest BCUT2D eigenvalue weighted by Gasteiger charge is 2.15. The van der Waals surface area contributed by atoms with Crippen LogP contribution in [0.25, 0.3) is 17.1 Å². The van der Waals surface area contributed by atoms with Crippen molar-refractivity contribution in [3.05, 3.63) is 45.7 Å². The van der Waals surface area contributed by atoms with E-state index in [2.05, 4.69) is 20.2 Å². The Bertz CT molecular complexity index is 877. The third-order valence-electron chi connectivity index (χ3n) is 4.45. The first-order valence-corrected chi connectivity index (χ1v) is 9.85. The minimum absolute atomic E-state index is 0.739. The maximum absolute atomic E-state index is 6.19. The smallest absolute Gasteiger partial charge is 0.235 e. The Hall–Kier alpha value is -1.76. The van der Waals surface area contributed by atoms with Crippen LogP contribution >= 0.6 is 22.9 Å². The van der Waals surface area contributed by atoms with Crippen LogP contribution in [0.15, 0.2) is 24.3 Å². The van der Waals surface area contributed by atoms with E-state index in [1.165, 1.54) is 37.0 Å². The first-order valence-electron chi connectivity index (χ1n) is 8.66. The van der Waals surface area contributed by atoms with Crippen molar-refractivity contribution < 1.29 is 0 Å². The van der Waals surface area contributed by atoms with Crippen LogP contribution in [-0.2, 0) is 6.54 Å². The molecule has 0 bridgehead atoms. The van der Waals surface area contributed by atoms with Gasteiger partial charge >= 0.3 is 0 Å². The molecule has 3 aromatic rings. The zero-order valence-electron chi connectivity index (χ0n) is 13.9. The number of fused-ring (bicyclic) bond motifs is 1. The Labute approximate surface area is 155 Å². The second kappa shape index (κ2) is 7.64. The van der Waals surface area contributed by atoms with Gasteiger partial charge in [0.25, 0.3) is 0 Å². The summed E-state index contributed by atoms with van der Waals surface area (Å²) < 4.78 is 1.88. The highest BCUT2D eigenvalue weighted by atomic mass is 35.5. The third kappa shape index (κ3) is 3.92. The van der Waals surface area contributed by atoms with E-state index in [0.29, 0.717) is 0 Å². The highest BCUT2D eigenvalue weighted by Crippen LogP contribution is 2.21. The van der Waals surface area contributed by atoms with E-state index in [9.17, 15) is 0 Å². The molecule has 7 heteroatoms. The summed E-state index contributed by atoms with van der Waals surface area (Å²) in [5, 5.41) is 14.9. The fourth-order valence-electron chi connectivity index (χ4n) is 3.10. The van der Waals surface area contributed by atoms with E-state index in [-0.39, 0.29) is 0 Å². The van der Waals surface area contributed by atoms with Crippen molar-refractivity contribution in [3.8, 4) is 0 Å². The van der Waals surface area contributed by atoms with E-state index in [1.54, 1.807) is 0 Å². The van der Waals surface area contributed by atoms with Gasteiger partial charge in [0.15, 0.2) is 5.82 Å². The summed E-state index contributed by atoms with van der Waals surface area (Å²) in [5.41, 5.74) is 0.986. The lowest BCUT2D eigenvalue weighted by atomic mass is 10.2. The lowest BCUT2D eigenvalue weighted by molar-refractivity contribution is 0.268. The summed E-state index contributed by atoms with van der Waals surface area (Å²) >= 11 is 7.73. The summed E-state index contributed by atoms with van der Waals surface area (Å²) in [6.07, 6.45) is 9.17. The topological polar surface area (TPSA) is 46.3 Å². The van der Waals surface area contributed by atoms with Crippen LogP contribution in [0.3, 0.4) is 0 Å². The molecule has 130 valence electrons. The van der Waals surface area contributed by atoms with Gasteiger partial charge in [0, 0.05) is 5.02 Å². The average molecular weight is 374 g/mol. The van der Waals surface area contributed by atoms with Gasteiger partial charge in [-0.3, -0.25) is 4.90 Å². The van der Waals surface area contributed by atoms with Crippen molar-refractivity contribution in [2.45, 2.75) is 32.2 Å². The van der Waals surface area contributed by atoms with Crippen LogP contribution in [0.1, 0.15) is 42.1 Å². The molecule has 0 aliphatic carbocycles. The largest absolute Gasteiger partial charge is 0.296 e. The minimum Gasteiger partial charge on any atom is -0.296 e. The molecule has 3 heterocycles. The fourth-order valence-corrected chi connectivity index (χ4v) is 4.06. The highest BCUT2D eigenvalue weighted by molar-refractivity contribution is 7.17. The Kier molecular flexibility index (Phi) is 5.10. The number of nitrogens with zero attached hydrogens (tertiary/aromatic N) is 5. The van der Waals surface area contributed by atoms with Crippen LogP contribution in [0, 0.1) is 0 Å². The molecular weight excluding hydrogens is 354 g/mol. The lowest BCUT2D eigenvalue weighted by Crippen LogP contribution is -2.25. The van der Waals surface area contributed by atoms with Gasteiger partial charge in [-0.15, -0.1) is 10.2 Å². The van der Waals surface area contributed by atoms with E-state index < -0.39 is 0 Å². The van der Waals surface area contributed by atoms with E-state index in [0.717, 1.165) is 46.0 Å². The molecule has 0 atom stereocenters. The molecule has 4 rings (SSSR count). The lowest BCUT2D eigenvalue weighted by Gasteiger charge is -2.17.